The number of aromatic nitrogens is 8. The maximum absolute atomic E-state index is 12.9. The van der Waals surface area contributed by atoms with Gasteiger partial charge in [0.05, 0.1) is 42.4 Å². The zero-order chi connectivity index (χ0) is 26.1. The summed E-state index contributed by atoms with van der Waals surface area (Å²) in [5.41, 5.74) is 8.74. The first-order valence-electron chi connectivity index (χ1n) is 11.9. The molecule has 0 aromatic carbocycles. The summed E-state index contributed by atoms with van der Waals surface area (Å²) in [5, 5.41) is 12.2. The Kier molecular flexibility index (Phi) is 6.34. The molecule has 0 radical (unpaired) electrons. The minimum Gasteiger partial charge on any atom is -0.453 e. The second-order valence-electron chi connectivity index (χ2n) is 8.89. The minimum atomic E-state index is -0.745. The van der Waals surface area contributed by atoms with Crippen molar-refractivity contribution in [3.05, 3.63) is 53.5 Å². The molecule has 0 atom stereocenters. The number of rotatable bonds is 4. The first kappa shape index (κ1) is 24.0. The number of carbonyl (C=O) groups is 1. The van der Waals surface area contributed by atoms with Gasteiger partial charge >= 0.3 is 11.8 Å². The average molecular weight is 505 g/mol. The Morgan fingerprint density at radius 3 is 2.51 bits per heavy atom. The summed E-state index contributed by atoms with van der Waals surface area (Å²) >= 11 is 0. The molecule has 1 aliphatic rings. The van der Waals surface area contributed by atoms with Crippen molar-refractivity contribution in [1.82, 2.24) is 38.5 Å². The Labute approximate surface area is 211 Å². The van der Waals surface area contributed by atoms with Gasteiger partial charge in [0.15, 0.2) is 11.5 Å². The fourth-order valence-corrected chi connectivity index (χ4v) is 4.66. The van der Waals surface area contributed by atoms with Gasteiger partial charge in [0.2, 0.25) is 0 Å². The van der Waals surface area contributed by atoms with Crippen molar-refractivity contribution >= 4 is 34.4 Å². The number of hydrogen-bond donors (Lipinski definition) is 2. The smallest absolute Gasteiger partial charge is 0.404 e. The number of aryl methyl sites for hydroxylation is 2. The Bertz CT molecular complexity index is 1640. The number of hydrogen-bond acceptors (Lipinski definition) is 8. The summed E-state index contributed by atoms with van der Waals surface area (Å²) in [6.07, 6.45) is 10.9. The Morgan fingerprint density at radius 1 is 1.08 bits per heavy atom. The van der Waals surface area contributed by atoms with Crippen LogP contribution in [0, 0.1) is 0 Å². The summed E-state index contributed by atoms with van der Waals surface area (Å²) in [6, 6.07) is 5.97. The van der Waals surface area contributed by atoms with Crippen LogP contribution < -0.4 is 16.7 Å². The third-order valence-corrected chi connectivity index (χ3v) is 6.49. The van der Waals surface area contributed by atoms with Gasteiger partial charge in [0.1, 0.15) is 5.82 Å². The Morgan fingerprint density at radius 2 is 1.84 bits per heavy atom. The number of ether oxygens (including phenoxy) is 1. The first-order chi connectivity index (χ1) is 17.9. The number of carbonyl (C=O) groups excluding carboxylic acids is 1. The van der Waals surface area contributed by atoms with E-state index < -0.39 is 6.09 Å². The van der Waals surface area contributed by atoms with Gasteiger partial charge < -0.3 is 15.8 Å². The Hall–Kier alpha value is -4.68. The minimum absolute atomic E-state index is 0.0184. The fraction of sp³-hybridized carbons (Fsp3) is 0.333. The lowest BCUT2D eigenvalue weighted by Crippen LogP contribution is -2.24. The van der Waals surface area contributed by atoms with Gasteiger partial charge in [-0.2, -0.15) is 5.10 Å². The third-order valence-electron chi connectivity index (χ3n) is 6.49. The summed E-state index contributed by atoms with van der Waals surface area (Å²) in [4.78, 5) is 31.2. The van der Waals surface area contributed by atoms with Crippen LogP contribution in [0.5, 0.6) is 0 Å². The van der Waals surface area contributed by atoms with Gasteiger partial charge in [-0.15, -0.1) is 5.10 Å². The van der Waals surface area contributed by atoms with Crippen LogP contribution in [0.2, 0.25) is 0 Å². The van der Waals surface area contributed by atoms with Crippen molar-refractivity contribution < 1.29 is 9.53 Å². The highest BCUT2D eigenvalue weighted by Crippen LogP contribution is 2.31. The summed E-state index contributed by atoms with van der Waals surface area (Å²) in [5.74, 6) is 1.28. The molecule has 1 fully saturated rings. The molecule has 5 aromatic heterocycles. The molecular weight excluding hydrogens is 476 g/mol. The summed E-state index contributed by atoms with van der Waals surface area (Å²) in [7, 11) is 4.91. The van der Waals surface area contributed by atoms with Crippen molar-refractivity contribution in [2.75, 3.05) is 12.4 Å². The van der Waals surface area contributed by atoms with E-state index in [0.717, 1.165) is 53.6 Å². The Balaban J connectivity index is 0.000000514. The molecule has 0 bridgehead atoms. The van der Waals surface area contributed by atoms with Gasteiger partial charge in [-0.05, 0) is 25.0 Å². The molecule has 5 heterocycles. The number of primary amides is 1. The zero-order valence-electron chi connectivity index (χ0n) is 20.8. The van der Waals surface area contributed by atoms with E-state index in [0.29, 0.717) is 11.6 Å². The lowest BCUT2D eigenvalue weighted by Gasteiger charge is -2.12. The molecule has 1 aliphatic carbocycles. The van der Waals surface area contributed by atoms with Crippen LogP contribution in [-0.2, 0) is 18.8 Å². The van der Waals surface area contributed by atoms with Crippen LogP contribution in [0.1, 0.15) is 31.7 Å². The summed E-state index contributed by atoms with van der Waals surface area (Å²) in [6.45, 7) is 0. The van der Waals surface area contributed by atoms with Gasteiger partial charge in [-0.1, -0.05) is 12.8 Å². The van der Waals surface area contributed by atoms with Crippen LogP contribution in [-0.4, -0.2) is 51.7 Å². The molecule has 5 aromatic rings. The third kappa shape index (κ3) is 4.62. The molecule has 192 valence electrons. The van der Waals surface area contributed by atoms with E-state index in [2.05, 4.69) is 30.9 Å². The molecule has 1 saturated carbocycles. The molecule has 13 nitrogen and oxygen atoms in total. The molecule has 0 unspecified atom stereocenters. The van der Waals surface area contributed by atoms with Crippen LogP contribution >= 0.6 is 0 Å². The van der Waals surface area contributed by atoms with Gasteiger partial charge in [0.25, 0.3) is 0 Å². The van der Waals surface area contributed by atoms with E-state index in [1.807, 2.05) is 36.0 Å². The monoisotopic (exact) mass is 504 g/mol. The normalized spacial score (nSPS) is 13.6. The van der Waals surface area contributed by atoms with Crippen LogP contribution in [0.4, 0.5) is 16.4 Å². The largest absolute Gasteiger partial charge is 0.453 e. The first-order valence-corrected chi connectivity index (χ1v) is 11.9. The number of anilines is 2. The average Bonchev–Trinajstić information content (AvgIpc) is 3.68. The summed E-state index contributed by atoms with van der Waals surface area (Å²) < 4.78 is 11.0. The van der Waals surface area contributed by atoms with Crippen molar-refractivity contribution in [3.63, 3.8) is 0 Å². The lowest BCUT2D eigenvalue weighted by atomic mass is 10.2. The fourth-order valence-electron chi connectivity index (χ4n) is 4.66. The van der Waals surface area contributed by atoms with Crippen molar-refractivity contribution in [2.45, 2.75) is 31.7 Å². The number of nitrogens with one attached hydrogen (secondary N) is 1. The SMILES string of the molecule is COC(N)=O.Cn1cc(-c2cnc3ccc(Nc4cc5c(cn4)n(C)c(=O)n5C4CCCC4)nn23)cn1. The number of pyridine rings is 1. The van der Waals surface area contributed by atoms with E-state index in [9.17, 15) is 9.59 Å². The molecule has 0 saturated heterocycles. The molecule has 3 N–H and O–H groups in total. The van der Waals surface area contributed by atoms with E-state index in [4.69, 9.17) is 5.10 Å². The van der Waals surface area contributed by atoms with Crippen molar-refractivity contribution in [3.8, 4) is 11.3 Å². The quantitative estimate of drug-likeness (QED) is 0.379. The number of nitrogens with two attached hydrogens (primary N) is 1. The van der Waals surface area contributed by atoms with E-state index >= 15 is 0 Å². The van der Waals surface area contributed by atoms with Crippen LogP contribution in [0.15, 0.2) is 47.8 Å². The number of amides is 1. The molecule has 13 heteroatoms. The molecular formula is C24H28N10O3. The number of imidazole rings is 2. The van der Waals surface area contributed by atoms with Crippen molar-refractivity contribution in [1.29, 1.82) is 0 Å². The predicted octanol–water partition coefficient (Wildman–Crippen LogP) is 2.75. The number of nitrogens with zero attached hydrogens (tertiary/aromatic N) is 8. The zero-order valence-corrected chi connectivity index (χ0v) is 20.8. The molecule has 6 rings (SSSR count). The van der Waals surface area contributed by atoms with E-state index in [1.165, 1.54) is 7.11 Å². The molecule has 37 heavy (non-hydrogen) atoms. The highest BCUT2D eigenvalue weighted by molar-refractivity contribution is 5.79. The molecule has 1 amide bonds. The maximum Gasteiger partial charge on any atom is 0.404 e. The van der Waals surface area contributed by atoms with E-state index in [1.54, 1.807) is 39.4 Å². The lowest BCUT2D eigenvalue weighted by molar-refractivity contribution is 0.182. The van der Waals surface area contributed by atoms with Crippen LogP contribution in [0.25, 0.3) is 27.9 Å². The van der Waals surface area contributed by atoms with E-state index in [-0.39, 0.29) is 11.7 Å². The highest BCUT2D eigenvalue weighted by Gasteiger charge is 2.23. The van der Waals surface area contributed by atoms with Gasteiger partial charge in [0, 0.05) is 38.0 Å². The van der Waals surface area contributed by atoms with Crippen LogP contribution in [0.3, 0.4) is 0 Å². The predicted molar refractivity (Wildman–Crippen MR) is 138 cm³/mol. The standard InChI is InChI=1S/C22H23N9O.C2H5NO2/c1-28-13-14(10-25-28)17-11-24-21-8-7-19(27-31(17)21)26-20-9-16-18(12-23-20)29(2)22(32)30(16)15-5-3-4-6-15;1-5-2(3)4/h7-13,15H,3-6H2,1-2H3,(H,23,26,27);1H3,(H2,3,4). The number of fused-ring (bicyclic) bond motifs is 2. The molecule has 0 spiro atoms. The topological polar surface area (TPSA) is 152 Å². The number of methoxy groups -OCH3 is 1. The highest BCUT2D eigenvalue weighted by atomic mass is 16.5. The molecule has 0 aliphatic heterocycles. The maximum atomic E-state index is 12.9. The van der Waals surface area contributed by atoms with Crippen molar-refractivity contribution in [2.24, 2.45) is 19.8 Å². The van der Waals surface area contributed by atoms with Gasteiger partial charge in [-0.3, -0.25) is 13.8 Å². The van der Waals surface area contributed by atoms with Gasteiger partial charge in [-0.25, -0.2) is 24.1 Å². The second kappa shape index (κ2) is 9.76. The second-order valence-corrected chi connectivity index (χ2v) is 8.89.